The third-order valence-corrected chi connectivity index (χ3v) is 6.38. The van der Waals surface area contributed by atoms with Crippen LogP contribution < -0.4 is 29.2 Å². The minimum absolute atomic E-state index is 0.259. The number of carbonyl (C=O) groups excluding carboxylic acids is 1. The van der Waals surface area contributed by atoms with Gasteiger partial charge < -0.3 is 29.2 Å². The zero-order valence-corrected chi connectivity index (χ0v) is 23.3. The number of hydrogen-bond acceptors (Lipinski definition) is 7. The lowest BCUT2D eigenvalue weighted by molar-refractivity contribution is 0.0947. The molecule has 1 heterocycles. The summed E-state index contributed by atoms with van der Waals surface area (Å²) in [7, 11) is 4.67. The summed E-state index contributed by atoms with van der Waals surface area (Å²) in [6, 6.07) is 27.0. The number of hydrogen-bond donors (Lipinski definition) is 1. The topological polar surface area (TPSA) is 82.2 Å². The third-order valence-electron chi connectivity index (χ3n) is 6.38. The lowest BCUT2D eigenvalue weighted by Crippen LogP contribution is -2.29. The molecule has 1 amide bonds. The first-order valence-electron chi connectivity index (χ1n) is 13.1. The molecule has 0 aliphatic rings. The molecule has 0 radical (unpaired) electrons. The first-order valence-corrected chi connectivity index (χ1v) is 13.1. The molecule has 8 heteroatoms. The zero-order chi connectivity index (χ0) is 28.3. The van der Waals surface area contributed by atoms with Gasteiger partial charge in [-0.1, -0.05) is 48.5 Å². The fourth-order valence-corrected chi connectivity index (χ4v) is 4.35. The van der Waals surface area contributed by atoms with Gasteiger partial charge in [0.1, 0.15) is 18.2 Å². The fraction of sp³-hybridized carbons (Fsp3) is 0.250. The van der Waals surface area contributed by atoms with Crippen molar-refractivity contribution in [2.75, 3.05) is 45.9 Å². The van der Waals surface area contributed by atoms with Crippen LogP contribution in [0.5, 0.6) is 23.0 Å². The van der Waals surface area contributed by atoms with Crippen LogP contribution in [0.2, 0.25) is 0 Å². The highest BCUT2D eigenvalue weighted by atomic mass is 16.5. The Morgan fingerprint density at radius 2 is 1.50 bits per heavy atom. The number of nitrogens with one attached hydrogen (secondary N) is 1. The van der Waals surface area contributed by atoms with Crippen LogP contribution in [0.4, 0.5) is 5.82 Å². The van der Waals surface area contributed by atoms with Crippen molar-refractivity contribution >= 4 is 11.7 Å². The predicted molar refractivity (Wildman–Crippen MR) is 157 cm³/mol. The van der Waals surface area contributed by atoms with Crippen LogP contribution in [0.25, 0.3) is 11.3 Å². The van der Waals surface area contributed by atoms with E-state index in [9.17, 15) is 4.79 Å². The zero-order valence-electron chi connectivity index (χ0n) is 23.3. The predicted octanol–water partition coefficient (Wildman–Crippen LogP) is 5.61. The maximum absolute atomic E-state index is 13.4. The molecular formula is C32H35N3O5. The van der Waals surface area contributed by atoms with Crippen LogP contribution in [-0.4, -0.2) is 51.9 Å². The molecule has 4 rings (SSSR count). The molecule has 0 aliphatic heterocycles. The molecule has 0 atom stereocenters. The van der Waals surface area contributed by atoms with Crippen LogP contribution in [0, 0.1) is 0 Å². The monoisotopic (exact) mass is 541 g/mol. The fourth-order valence-electron chi connectivity index (χ4n) is 4.35. The number of methoxy groups -OCH3 is 3. The normalized spacial score (nSPS) is 10.5. The van der Waals surface area contributed by atoms with Gasteiger partial charge in [0, 0.05) is 18.7 Å². The number of pyridine rings is 1. The molecule has 40 heavy (non-hydrogen) atoms. The number of benzene rings is 3. The summed E-state index contributed by atoms with van der Waals surface area (Å²) in [6.45, 7) is 4.16. The van der Waals surface area contributed by atoms with Crippen LogP contribution in [0.15, 0.2) is 84.9 Å². The quantitative estimate of drug-likeness (QED) is 0.220. The van der Waals surface area contributed by atoms with Gasteiger partial charge in [-0.2, -0.15) is 0 Å². The van der Waals surface area contributed by atoms with Gasteiger partial charge >= 0.3 is 0 Å². The van der Waals surface area contributed by atoms with Crippen LogP contribution >= 0.6 is 0 Å². The van der Waals surface area contributed by atoms with Crippen molar-refractivity contribution in [1.29, 1.82) is 0 Å². The lowest BCUT2D eigenvalue weighted by Gasteiger charge is -2.24. The minimum atomic E-state index is -0.259. The number of rotatable bonds is 13. The number of anilines is 1. The number of carbonyl (C=O) groups is 1. The second-order valence-corrected chi connectivity index (χ2v) is 8.90. The number of ether oxygens (including phenoxy) is 4. The number of nitrogens with zero attached hydrogens (tertiary/aromatic N) is 2. The van der Waals surface area contributed by atoms with E-state index in [1.54, 1.807) is 33.5 Å². The van der Waals surface area contributed by atoms with E-state index in [0.717, 1.165) is 18.1 Å². The summed E-state index contributed by atoms with van der Waals surface area (Å²) in [4.78, 5) is 20.6. The molecule has 1 aromatic heterocycles. The standard InChI is InChI=1S/C32H35N3O5/c1-5-35(22-23-12-8-6-9-13-23)29-17-16-26(32(36)33-18-19-40-25-14-10-7-11-15-25)30(34-29)24-20-27(37-2)31(39-4)28(21-24)38-3/h6-17,20-21H,5,18-19,22H2,1-4H3,(H,33,36). The second-order valence-electron chi connectivity index (χ2n) is 8.90. The first-order chi connectivity index (χ1) is 19.6. The number of aromatic nitrogens is 1. The van der Waals surface area contributed by atoms with Crippen molar-refractivity contribution in [3.63, 3.8) is 0 Å². The molecule has 0 saturated heterocycles. The van der Waals surface area contributed by atoms with Gasteiger partial charge in [-0.25, -0.2) is 4.98 Å². The van der Waals surface area contributed by atoms with E-state index < -0.39 is 0 Å². The number of amides is 1. The molecule has 8 nitrogen and oxygen atoms in total. The average molecular weight is 542 g/mol. The summed E-state index contributed by atoms with van der Waals surface area (Å²) in [5, 5.41) is 2.96. The maximum Gasteiger partial charge on any atom is 0.253 e. The van der Waals surface area contributed by atoms with Crippen LogP contribution in [0.3, 0.4) is 0 Å². The Morgan fingerprint density at radius 3 is 2.10 bits per heavy atom. The van der Waals surface area contributed by atoms with Gasteiger partial charge in [0.2, 0.25) is 5.75 Å². The van der Waals surface area contributed by atoms with E-state index in [-0.39, 0.29) is 5.91 Å². The van der Waals surface area contributed by atoms with Crippen molar-refractivity contribution in [3.8, 4) is 34.3 Å². The van der Waals surface area contributed by atoms with Crippen molar-refractivity contribution in [2.45, 2.75) is 13.5 Å². The molecule has 4 aromatic rings. The summed E-state index contributed by atoms with van der Waals surface area (Å²) in [5.74, 6) is 2.66. The molecule has 0 saturated carbocycles. The molecule has 1 N–H and O–H groups in total. The Kier molecular flexibility index (Phi) is 9.83. The first kappa shape index (κ1) is 28.3. The summed E-state index contributed by atoms with van der Waals surface area (Å²) in [5.41, 5.74) is 2.76. The van der Waals surface area contributed by atoms with Gasteiger partial charge in [-0.15, -0.1) is 0 Å². The smallest absolute Gasteiger partial charge is 0.253 e. The number of para-hydroxylation sites is 1. The molecule has 208 valence electrons. The highest BCUT2D eigenvalue weighted by molar-refractivity contribution is 6.00. The minimum Gasteiger partial charge on any atom is -0.493 e. The van der Waals surface area contributed by atoms with Crippen molar-refractivity contribution in [2.24, 2.45) is 0 Å². The van der Waals surface area contributed by atoms with Crippen molar-refractivity contribution in [1.82, 2.24) is 10.3 Å². The van der Waals surface area contributed by atoms with Crippen molar-refractivity contribution < 1.29 is 23.7 Å². The molecule has 0 bridgehead atoms. The summed E-state index contributed by atoms with van der Waals surface area (Å²) in [6.07, 6.45) is 0. The van der Waals surface area contributed by atoms with E-state index in [0.29, 0.717) is 53.8 Å². The van der Waals surface area contributed by atoms with Gasteiger partial charge in [0.25, 0.3) is 5.91 Å². The van der Waals surface area contributed by atoms with Crippen molar-refractivity contribution in [3.05, 3.63) is 96.1 Å². The van der Waals surface area contributed by atoms with E-state index in [1.165, 1.54) is 5.56 Å². The van der Waals surface area contributed by atoms with Crippen LogP contribution in [-0.2, 0) is 6.54 Å². The van der Waals surface area contributed by atoms with E-state index in [2.05, 4.69) is 29.3 Å². The molecule has 0 aliphatic carbocycles. The Bertz CT molecular complexity index is 1370. The van der Waals surface area contributed by atoms with E-state index >= 15 is 0 Å². The average Bonchev–Trinajstić information content (AvgIpc) is 3.01. The summed E-state index contributed by atoms with van der Waals surface area (Å²) >= 11 is 0. The Balaban J connectivity index is 1.67. The highest BCUT2D eigenvalue weighted by Gasteiger charge is 2.21. The SMILES string of the molecule is CCN(Cc1ccccc1)c1ccc(C(=O)NCCOc2ccccc2)c(-c2cc(OC)c(OC)c(OC)c2)n1. The van der Waals surface area contributed by atoms with Crippen LogP contribution in [0.1, 0.15) is 22.8 Å². The Labute approximate surface area is 235 Å². The van der Waals surface area contributed by atoms with E-state index in [4.69, 9.17) is 23.9 Å². The molecule has 0 unspecified atom stereocenters. The third kappa shape index (κ3) is 6.83. The Morgan fingerprint density at radius 1 is 0.850 bits per heavy atom. The second kappa shape index (κ2) is 13.9. The van der Waals surface area contributed by atoms with Gasteiger partial charge in [-0.3, -0.25) is 4.79 Å². The Hall–Kier alpha value is -4.72. The van der Waals surface area contributed by atoms with Gasteiger partial charge in [-0.05, 0) is 48.9 Å². The summed E-state index contributed by atoms with van der Waals surface area (Å²) < 4.78 is 22.4. The largest absolute Gasteiger partial charge is 0.493 e. The van der Waals surface area contributed by atoms with E-state index in [1.807, 2.05) is 60.7 Å². The van der Waals surface area contributed by atoms with Gasteiger partial charge in [0.15, 0.2) is 11.5 Å². The molecule has 0 fully saturated rings. The lowest BCUT2D eigenvalue weighted by atomic mass is 10.0. The highest BCUT2D eigenvalue weighted by Crippen LogP contribution is 2.41. The van der Waals surface area contributed by atoms with Gasteiger partial charge in [0.05, 0.1) is 39.1 Å². The maximum atomic E-state index is 13.4. The molecule has 0 spiro atoms. The molecule has 3 aromatic carbocycles. The molecular weight excluding hydrogens is 506 g/mol.